The molecule has 1 atom stereocenters. The van der Waals surface area contributed by atoms with E-state index in [1.807, 2.05) is 6.20 Å². The third-order valence-corrected chi connectivity index (χ3v) is 3.47. The lowest BCUT2D eigenvalue weighted by Crippen LogP contribution is -2.18. The maximum Gasteiger partial charge on any atom is 0.134 e. The van der Waals surface area contributed by atoms with Crippen molar-refractivity contribution < 1.29 is 0 Å². The van der Waals surface area contributed by atoms with Crippen molar-refractivity contribution in [2.45, 2.75) is 33.2 Å². The van der Waals surface area contributed by atoms with E-state index in [2.05, 4.69) is 48.6 Å². The van der Waals surface area contributed by atoms with Crippen molar-refractivity contribution in [3.8, 4) is 0 Å². The van der Waals surface area contributed by atoms with Gasteiger partial charge in [-0.05, 0) is 36.8 Å². The highest BCUT2D eigenvalue weighted by Gasteiger charge is 2.08. The lowest BCUT2D eigenvalue weighted by molar-refractivity contribution is 0.539. The number of anilines is 1. The molecule has 16 heavy (non-hydrogen) atoms. The van der Waals surface area contributed by atoms with Gasteiger partial charge >= 0.3 is 0 Å². The number of pyridine rings is 1. The van der Waals surface area contributed by atoms with Crippen molar-refractivity contribution in [2.75, 3.05) is 5.32 Å². The van der Waals surface area contributed by atoms with Crippen molar-refractivity contribution in [3.05, 3.63) is 23.7 Å². The molecule has 2 aromatic heterocycles. The Morgan fingerprint density at radius 3 is 2.88 bits per heavy atom. The molecule has 3 heteroatoms. The van der Waals surface area contributed by atoms with Gasteiger partial charge in [-0.25, -0.2) is 4.98 Å². The van der Waals surface area contributed by atoms with Crippen LogP contribution >= 0.6 is 11.3 Å². The molecule has 2 heterocycles. The summed E-state index contributed by atoms with van der Waals surface area (Å²) >= 11 is 1.76. The molecule has 0 saturated heterocycles. The first kappa shape index (κ1) is 11.4. The summed E-state index contributed by atoms with van der Waals surface area (Å²) in [4.78, 5) is 4.42. The van der Waals surface area contributed by atoms with E-state index in [1.54, 1.807) is 11.3 Å². The van der Waals surface area contributed by atoms with E-state index >= 15 is 0 Å². The number of rotatable bonds is 4. The first-order valence-corrected chi connectivity index (χ1v) is 6.63. The molecule has 2 aromatic rings. The molecule has 2 rings (SSSR count). The van der Waals surface area contributed by atoms with Gasteiger partial charge in [0, 0.05) is 22.3 Å². The Hall–Kier alpha value is -1.09. The van der Waals surface area contributed by atoms with Gasteiger partial charge in [0.25, 0.3) is 0 Å². The fourth-order valence-electron chi connectivity index (χ4n) is 2.01. The third kappa shape index (κ3) is 2.53. The zero-order valence-electron chi connectivity index (χ0n) is 10.0. The molecule has 0 amide bonds. The Morgan fingerprint density at radius 2 is 2.12 bits per heavy atom. The number of hydrogen-bond acceptors (Lipinski definition) is 3. The zero-order valence-corrected chi connectivity index (χ0v) is 10.8. The summed E-state index contributed by atoms with van der Waals surface area (Å²) in [7, 11) is 0. The fourth-order valence-corrected chi connectivity index (χ4v) is 2.79. The molecule has 0 aromatic carbocycles. The second kappa shape index (κ2) is 4.83. The van der Waals surface area contributed by atoms with Gasteiger partial charge in [-0.1, -0.05) is 13.8 Å². The van der Waals surface area contributed by atoms with E-state index in [4.69, 9.17) is 0 Å². The van der Waals surface area contributed by atoms with Gasteiger partial charge in [0.2, 0.25) is 0 Å². The van der Waals surface area contributed by atoms with Crippen LogP contribution < -0.4 is 5.32 Å². The standard InChI is InChI=1S/C13H18N2S/c1-9(2)8-10(3)15-13-11-5-7-16-12(11)4-6-14-13/h4-7,9-10H,8H2,1-3H3,(H,14,15). The highest BCUT2D eigenvalue weighted by Crippen LogP contribution is 2.26. The van der Waals surface area contributed by atoms with Crippen LogP contribution in [0.1, 0.15) is 27.2 Å². The first-order chi connectivity index (χ1) is 7.66. The van der Waals surface area contributed by atoms with E-state index in [0.717, 1.165) is 5.82 Å². The highest BCUT2D eigenvalue weighted by atomic mass is 32.1. The molecule has 0 saturated carbocycles. The average molecular weight is 234 g/mol. The Labute approximate surface area is 101 Å². The minimum absolute atomic E-state index is 0.470. The highest BCUT2D eigenvalue weighted by molar-refractivity contribution is 7.17. The minimum atomic E-state index is 0.470. The molecular formula is C13H18N2S. The van der Waals surface area contributed by atoms with Gasteiger partial charge in [-0.15, -0.1) is 11.3 Å². The Morgan fingerprint density at radius 1 is 1.31 bits per heavy atom. The molecular weight excluding hydrogens is 216 g/mol. The number of nitrogens with zero attached hydrogens (tertiary/aromatic N) is 1. The van der Waals surface area contributed by atoms with Crippen LogP contribution in [0.5, 0.6) is 0 Å². The van der Waals surface area contributed by atoms with Crippen LogP contribution in [0.15, 0.2) is 23.7 Å². The van der Waals surface area contributed by atoms with Crippen molar-refractivity contribution in [3.63, 3.8) is 0 Å². The summed E-state index contributed by atoms with van der Waals surface area (Å²) < 4.78 is 1.30. The predicted octanol–water partition coefficient (Wildman–Crippen LogP) is 4.14. The molecule has 1 unspecified atom stereocenters. The number of thiophene rings is 1. The van der Waals surface area contributed by atoms with Crippen molar-refractivity contribution in [1.82, 2.24) is 4.98 Å². The van der Waals surface area contributed by atoms with Crippen LogP contribution in [-0.2, 0) is 0 Å². The molecule has 0 fully saturated rings. The van der Waals surface area contributed by atoms with Gasteiger partial charge in [0.05, 0.1) is 0 Å². The Balaban J connectivity index is 2.17. The SMILES string of the molecule is CC(C)CC(C)Nc1nccc2sccc12. The molecule has 0 bridgehead atoms. The van der Waals surface area contributed by atoms with Crippen LogP contribution in [0.25, 0.3) is 10.1 Å². The van der Waals surface area contributed by atoms with Gasteiger partial charge in [0.1, 0.15) is 5.82 Å². The summed E-state index contributed by atoms with van der Waals surface area (Å²) in [6.45, 7) is 6.71. The van der Waals surface area contributed by atoms with Crippen LogP contribution in [0.3, 0.4) is 0 Å². The maximum absolute atomic E-state index is 4.42. The third-order valence-electron chi connectivity index (χ3n) is 2.59. The molecule has 0 aliphatic rings. The Bertz CT molecular complexity index is 462. The molecule has 86 valence electrons. The number of fused-ring (bicyclic) bond motifs is 1. The summed E-state index contributed by atoms with van der Waals surface area (Å²) in [5.74, 6) is 1.73. The quantitative estimate of drug-likeness (QED) is 0.860. The molecule has 1 N–H and O–H groups in total. The molecule has 0 aliphatic heterocycles. The van der Waals surface area contributed by atoms with E-state index in [-0.39, 0.29) is 0 Å². The second-order valence-electron chi connectivity index (χ2n) is 4.67. The normalized spacial score (nSPS) is 13.2. The van der Waals surface area contributed by atoms with Gasteiger partial charge in [-0.3, -0.25) is 0 Å². The maximum atomic E-state index is 4.42. The van der Waals surface area contributed by atoms with E-state index in [0.29, 0.717) is 12.0 Å². The topological polar surface area (TPSA) is 24.9 Å². The molecule has 2 nitrogen and oxygen atoms in total. The molecule has 0 spiro atoms. The summed E-state index contributed by atoms with van der Waals surface area (Å²) in [6.07, 6.45) is 3.05. The number of aromatic nitrogens is 1. The molecule has 0 aliphatic carbocycles. The lowest BCUT2D eigenvalue weighted by atomic mass is 10.1. The van der Waals surface area contributed by atoms with E-state index < -0.39 is 0 Å². The zero-order chi connectivity index (χ0) is 11.5. The van der Waals surface area contributed by atoms with Crippen LogP contribution in [0, 0.1) is 5.92 Å². The lowest BCUT2D eigenvalue weighted by Gasteiger charge is -2.16. The predicted molar refractivity (Wildman–Crippen MR) is 72.2 cm³/mol. The Kier molecular flexibility index (Phi) is 3.44. The van der Waals surface area contributed by atoms with Crippen molar-refractivity contribution in [1.29, 1.82) is 0 Å². The number of hydrogen-bond donors (Lipinski definition) is 1. The fraction of sp³-hybridized carbons (Fsp3) is 0.462. The summed E-state index contributed by atoms with van der Waals surface area (Å²) in [5, 5.41) is 6.85. The average Bonchev–Trinajstić information content (AvgIpc) is 2.65. The molecule has 0 radical (unpaired) electrons. The first-order valence-electron chi connectivity index (χ1n) is 5.75. The van der Waals surface area contributed by atoms with E-state index in [1.165, 1.54) is 16.5 Å². The van der Waals surface area contributed by atoms with Crippen LogP contribution in [-0.4, -0.2) is 11.0 Å². The van der Waals surface area contributed by atoms with Crippen molar-refractivity contribution >= 4 is 27.2 Å². The van der Waals surface area contributed by atoms with Crippen LogP contribution in [0.4, 0.5) is 5.82 Å². The number of nitrogens with one attached hydrogen (secondary N) is 1. The minimum Gasteiger partial charge on any atom is -0.367 e. The van der Waals surface area contributed by atoms with Gasteiger partial charge in [-0.2, -0.15) is 0 Å². The summed E-state index contributed by atoms with van der Waals surface area (Å²) in [6, 6.07) is 4.67. The van der Waals surface area contributed by atoms with Gasteiger partial charge in [0.15, 0.2) is 0 Å². The second-order valence-corrected chi connectivity index (χ2v) is 5.61. The van der Waals surface area contributed by atoms with E-state index in [9.17, 15) is 0 Å². The largest absolute Gasteiger partial charge is 0.367 e. The monoisotopic (exact) mass is 234 g/mol. The smallest absolute Gasteiger partial charge is 0.134 e. The van der Waals surface area contributed by atoms with Crippen LogP contribution in [0.2, 0.25) is 0 Å². The van der Waals surface area contributed by atoms with Gasteiger partial charge < -0.3 is 5.32 Å². The summed E-state index contributed by atoms with van der Waals surface area (Å²) in [5.41, 5.74) is 0. The van der Waals surface area contributed by atoms with Crippen molar-refractivity contribution in [2.24, 2.45) is 5.92 Å².